The van der Waals surface area contributed by atoms with E-state index < -0.39 is 0 Å². The quantitative estimate of drug-likeness (QED) is 0.861. The first kappa shape index (κ1) is 15.3. The summed E-state index contributed by atoms with van der Waals surface area (Å²) in [6.45, 7) is 2.51. The van der Waals surface area contributed by atoms with E-state index in [0.29, 0.717) is 19.6 Å². The highest BCUT2D eigenvalue weighted by Crippen LogP contribution is 2.41. The molecule has 2 fully saturated rings. The van der Waals surface area contributed by atoms with Gasteiger partial charge in [0.2, 0.25) is 5.91 Å². The number of pyridine rings is 1. The van der Waals surface area contributed by atoms with Crippen LogP contribution >= 0.6 is 11.3 Å². The van der Waals surface area contributed by atoms with E-state index in [9.17, 15) is 9.59 Å². The molecule has 0 bridgehead atoms. The lowest BCUT2D eigenvalue weighted by atomic mass is 9.85. The fourth-order valence-corrected chi connectivity index (χ4v) is 4.35. The summed E-state index contributed by atoms with van der Waals surface area (Å²) in [5.41, 5.74) is 1.25. The minimum absolute atomic E-state index is 0.0455. The number of rotatable bonds is 3. The van der Waals surface area contributed by atoms with Crippen LogP contribution in [0.4, 0.5) is 0 Å². The molecule has 4 rings (SSSR count). The van der Waals surface area contributed by atoms with E-state index in [4.69, 9.17) is 0 Å². The second kappa shape index (κ2) is 6.02. The normalized spacial score (nSPS) is 23.4. The van der Waals surface area contributed by atoms with E-state index in [0.717, 1.165) is 30.6 Å². The van der Waals surface area contributed by atoms with E-state index in [1.165, 1.54) is 11.3 Å². The van der Waals surface area contributed by atoms with Gasteiger partial charge in [0.15, 0.2) is 0 Å². The summed E-state index contributed by atoms with van der Waals surface area (Å²) in [5, 5.41) is 3.78. The first-order chi connectivity index (χ1) is 11.7. The molecule has 0 aromatic carbocycles. The maximum absolute atomic E-state index is 13.0. The van der Waals surface area contributed by atoms with Crippen LogP contribution in [0.15, 0.2) is 41.2 Å². The van der Waals surface area contributed by atoms with Gasteiger partial charge in [-0.1, -0.05) is 6.07 Å². The third-order valence-electron chi connectivity index (χ3n) is 5.09. The molecule has 1 atom stereocenters. The van der Waals surface area contributed by atoms with Crippen LogP contribution in [0.2, 0.25) is 0 Å². The molecule has 1 unspecified atom stereocenters. The van der Waals surface area contributed by atoms with Gasteiger partial charge >= 0.3 is 0 Å². The molecule has 4 heterocycles. The van der Waals surface area contributed by atoms with Gasteiger partial charge in [0.1, 0.15) is 0 Å². The molecule has 0 radical (unpaired) electrons. The molecule has 2 amide bonds. The lowest BCUT2D eigenvalue weighted by Gasteiger charge is -2.23. The fraction of sp³-hybridized carbons (Fsp3) is 0.389. The number of amides is 2. The average molecular weight is 341 g/mol. The number of hydrogen-bond acceptors (Lipinski definition) is 4. The number of nitrogens with zero attached hydrogens (tertiary/aromatic N) is 3. The van der Waals surface area contributed by atoms with Crippen molar-refractivity contribution in [1.82, 2.24) is 14.8 Å². The molecular weight excluding hydrogens is 322 g/mol. The number of likely N-dealkylation sites (tertiary alicyclic amines) is 2. The zero-order valence-corrected chi connectivity index (χ0v) is 14.2. The maximum atomic E-state index is 13.0. The van der Waals surface area contributed by atoms with Gasteiger partial charge in [-0.05, 0) is 36.4 Å². The number of thiophene rings is 1. The van der Waals surface area contributed by atoms with Gasteiger partial charge in [-0.3, -0.25) is 14.6 Å². The highest BCUT2D eigenvalue weighted by molar-refractivity contribution is 7.08. The van der Waals surface area contributed by atoms with E-state index in [1.54, 1.807) is 6.20 Å². The molecule has 0 aliphatic carbocycles. The Labute approximate surface area is 144 Å². The monoisotopic (exact) mass is 341 g/mol. The van der Waals surface area contributed by atoms with Crippen LogP contribution in [0.25, 0.3) is 0 Å². The Bertz CT molecular complexity index is 747. The minimum atomic E-state index is -0.388. The lowest BCUT2D eigenvalue weighted by molar-refractivity contribution is -0.135. The second-order valence-corrected chi connectivity index (χ2v) is 7.35. The van der Waals surface area contributed by atoms with Crippen molar-refractivity contribution >= 4 is 23.2 Å². The summed E-state index contributed by atoms with van der Waals surface area (Å²) in [6.07, 6.45) is 3.34. The smallest absolute Gasteiger partial charge is 0.254 e. The SMILES string of the molecule is O=C(c1ccsc1)N1CCC2(CCN(Cc3ccccn3)C2=O)C1. The van der Waals surface area contributed by atoms with Crippen molar-refractivity contribution in [3.05, 3.63) is 52.5 Å². The summed E-state index contributed by atoms with van der Waals surface area (Å²) < 4.78 is 0. The third-order valence-corrected chi connectivity index (χ3v) is 5.77. The van der Waals surface area contributed by atoms with Gasteiger partial charge in [-0.25, -0.2) is 0 Å². The Hall–Kier alpha value is -2.21. The summed E-state index contributed by atoms with van der Waals surface area (Å²) in [5.74, 6) is 0.220. The third kappa shape index (κ3) is 2.60. The number of aromatic nitrogens is 1. The Morgan fingerprint density at radius 1 is 1.25 bits per heavy atom. The van der Waals surface area contributed by atoms with E-state index in [-0.39, 0.29) is 17.2 Å². The van der Waals surface area contributed by atoms with E-state index in [1.807, 2.05) is 44.8 Å². The van der Waals surface area contributed by atoms with Crippen LogP contribution in [0.1, 0.15) is 28.9 Å². The molecule has 0 N–H and O–H groups in total. The molecule has 2 aromatic rings. The van der Waals surface area contributed by atoms with Crippen molar-refractivity contribution in [2.24, 2.45) is 5.41 Å². The lowest BCUT2D eigenvalue weighted by Crippen LogP contribution is -2.38. The fourth-order valence-electron chi connectivity index (χ4n) is 3.72. The van der Waals surface area contributed by atoms with Crippen LogP contribution in [-0.2, 0) is 11.3 Å². The number of hydrogen-bond donors (Lipinski definition) is 0. The summed E-state index contributed by atoms with van der Waals surface area (Å²) in [4.78, 5) is 33.5. The zero-order chi connectivity index (χ0) is 16.6. The molecule has 5 nitrogen and oxygen atoms in total. The summed E-state index contributed by atoms with van der Waals surface area (Å²) >= 11 is 1.52. The van der Waals surface area contributed by atoms with Gasteiger partial charge in [-0.15, -0.1) is 0 Å². The van der Waals surface area contributed by atoms with Crippen molar-refractivity contribution in [3.8, 4) is 0 Å². The Balaban J connectivity index is 1.45. The maximum Gasteiger partial charge on any atom is 0.254 e. The molecule has 2 aliphatic rings. The van der Waals surface area contributed by atoms with Crippen molar-refractivity contribution in [2.45, 2.75) is 19.4 Å². The summed E-state index contributed by atoms with van der Waals surface area (Å²) in [7, 11) is 0. The van der Waals surface area contributed by atoms with Gasteiger partial charge in [0.25, 0.3) is 5.91 Å². The first-order valence-corrected chi connectivity index (χ1v) is 9.13. The molecule has 2 saturated heterocycles. The van der Waals surface area contributed by atoms with Crippen LogP contribution in [0, 0.1) is 5.41 Å². The molecule has 2 aliphatic heterocycles. The molecular formula is C18H19N3O2S. The predicted molar refractivity (Wildman–Crippen MR) is 91.5 cm³/mol. The number of carbonyl (C=O) groups excluding carboxylic acids is 2. The average Bonchev–Trinajstić information content (AvgIpc) is 3.34. The van der Waals surface area contributed by atoms with E-state index in [2.05, 4.69) is 4.98 Å². The standard InChI is InChI=1S/C18H19N3O2S/c22-16(14-4-10-24-12-14)21-9-6-18(13-21)5-8-20(17(18)23)11-15-3-1-2-7-19-15/h1-4,7,10,12H,5-6,8-9,11,13H2. The van der Waals surface area contributed by atoms with Gasteiger partial charge < -0.3 is 9.80 Å². The molecule has 24 heavy (non-hydrogen) atoms. The van der Waals surface area contributed by atoms with Crippen molar-refractivity contribution in [3.63, 3.8) is 0 Å². The highest BCUT2D eigenvalue weighted by Gasteiger charge is 2.51. The Morgan fingerprint density at radius 3 is 2.88 bits per heavy atom. The Kier molecular flexibility index (Phi) is 3.84. The van der Waals surface area contributed by atoms with E-state index >= 15 is 0 Å². The molecule has 6 heteroatoms. The summed E-state index contributed by atoms with van der Waals surface area (Å²) in [6, 6.07) is 7.61. The largest absolute Gasteiger partial charge is 0.338 e. The highest BCUT2D eigenvalue weighted by atomic mass is 32.1. The first-order valence-electron chi connectivity index (χ1n) is 8.19. The van der Waals surface area contributed by atoms with Gasteiger partial charge in [0, 0.05) is 31.2 Å². The topological polar surface area (TPSA) is 53.5 Å². The zero-order valence-electron chi connectivity index (χ0n) is 13.4. The van der Waals surface area contributed by atoms with Gasteiger partial charge in [-0.2, -0.15) is 11.3 Å². The van der Waals surface area contributed by atoms with Crippen LogP contribution < -0.4 is 0 Å². The predicted octanol–water partition coefficient (Wildman–Crippen LogP) is 2.41. The molecule has 124 valence electrons. The van der Waals surface area contributed by atoms with Crippen molar-refractivity contribution in [2.75, 3.05) is 19.6 Å². The van der Waals surface area contributed by atoms with Crippen LogP contribution in [0.5, 0.6) is 0 Å². The second-order valence-electron chi connectivity index (χ2n) is 6.57. The molecule has 2 aromatic heterocycles. The van der Waals surface area contributed by atoms with Gasteiger partial charge in [0.05, 0.1) is 23.2 Å². The number of carbonyl (C=O) groups is 2. The van der Waals surface area contributed by atoms with Crippen molar-refractivity contribution < 1.29 is 9.59 Å². The molecule has 0 saturated carbocycles. The Morgan fingerprint density at radius 2 is 2.12 bits per heavy atom. The van der Waals surface area contributed by atoms with Crippen molar-refractivity contribution in [1.29, 1.82) is 0 Å². The molecule has 1 spiro atoms. The minimum Gasteiger partial charge on any atom is -0.338 e. The van der Waals surface area contributed by atoms with Crippen LogP contribution in [-0.4, -0.2) is 46.2 Å². The van der Waals surface area contributed by atoms with Crippen LogP contribution in [0.3, 0.4) is 0 Å².